The lowest BCUT2D eigenvalue weighted by atomic mass is 9.85. The minimum absolute atomic E-state index is 0.0169. The zero-order valence-electron chi connectivity index (χ0n) is 21.9. The Balaban J connectivity index is 1.52. The normalized spacial score (nSPS) is 26.8. The van der Waals surface area contributed by atoms with Gasteiger partial charge in [-0.15, -0.1) is 0 Å². The van der Waals surface area contributed by atoms with Crippen LogP contribution in [0.5, 0.6) is 0 Å². The van der Waals surface area contributed by atoms with Crippen molar-refractivity contribution in [2.75, 3.05) is 13.2 Å². The molecule has 1 heterocycles. The van der Waals surface area contributed by atoms with E-state index in [1.165, 1.54) is 38.5 Å². The Morgan fingerprint density at radius 2 is 1.81 bits per heavy atom. The van der Waals surface area contributed by atoms with Crippen LogP contribution in [0.3, 0.4) is 0 Å². The Bertz CT molecular complexity index is 844. The monoisotopic (exact) mass is 546 g/mol. The third-order valence-corrected chi connectivity index (χ3v) is 8.82. The van der Waals surface area contributed by atoms with Gasteiger partial charge in [-0.2, -0.15) is 9.11 Å². The highest BCUT2D eigenvalue weighted by Gasteiger charge is 2.45. The predicted molar refractivity (Wildman–Crippen MR) is 137 cm³/mol. The number of aliphatic hydroxyl groups is 1. The van der Waals surface area contributed by atoms with Crippen LogP contribution in [0.1, 0.15) is 78.1 Å². The number of hydrogen-bond donors (Lipinski definition) is 6. The van der Waals surface area contributed by atoms with Gasteiger partial charge in [0.05, 0.1) is 6.61 Å². The van der Waals surface area contributed by atoms with E-state index in [1.807, 2.05) is 13.8 Å². The van der Waals surface area contributed by atoms with Crippen LogP contribution in [-0.4, -0.2) is 62.8 Å². The molecule has 0 unspecified atom stereocenters. The highest BCUT2D eigenvalue weighted by molar-refractivity contribution is 7.92. The van der Waals surface area contributed by atoms with E-state index in [0.29, 0.717) is 31.4 Å². The fourth-order valence-corrected chi connectivity index (χ4v) is 6.25. The number of alkyl carbamates (subject to hydrolysis) is 1. The van der Waals surface area contributed by atoms with Gasteiger partial charge in [0.15, 0.2) is 0 Å². The van der Waals surface area contributed by atoms with Gasteiger partial charge in [0.1, 0.15) is 12.1 Å². The summed E-state index contributed by atoms with van der Waals surface area (Å²) in [5, 5.41) is 17.9. The fourth-order valence-electron chi connectivity index (χ4n) is 5.64. The summed E-state index contributed by atoms with van der Waals surface area (Å²) in [4.78, 5) is 37.6. The lowest BCUT2D eigenvalue weighted by Gasteiger charge is -2.26. The van der Waals surface area contributed by atoms with E-state index >= 15 is 0 Å². The molecule has 3 rings (SSSR count). The lowest BCUT2D eigenvalue weighted by molar-refractivity contribution is -0.126. The molecule has 6 N–H and O–H groups in total. The van der Waals surface area contributed by atoms with Gasteiger partial charge in [0.2, 0.25) is 11.8 Å². The first-order chi connectivity index (χ1) is 17.4. The van der Waals surface area contributed by atoms with Gasteiger partial charge in [0.25, 0.3) is 0 Å². The van der Waals surface area contributed by atoms with E-state index in [2.05, 4.69) is 16.0 Å². The van der Waals surface area contributed by atoms with Gasteiger partial charge in [-0.1, -0.05) is 46.0 Å². The van der Waals surface area contributed by atoms with E-state index in [9.17, 15) is 32.8 Å². The Kier molecular flexibility index (Phi) is 10.7. The molecule has 0 aromatic carbocycles. The van der Waals surface area contributed by atoms with Crippen LogP contribution in [0.15, 0.2) is 0 Å². The van der Waals surface area contributed by atoms with Gasteiger partial charge < -0.3 is 25.8 Å². The molecular formula is C25H44N3O8S+. The molecule has 2 aliphatic carbocycles. The minimum Gasteiger partial charge on any atom is -0.449 e. The van der Waals surface area contributed by atoms with Gasteiger partial charge in [-0.25, -0.2) is 4.79 Å². The van der Waals surface area contributed by atoms with Crippen LogP contribution in [-0.2, 0) is 29.0 Å². The number of hydrogen-bond acceptors (Lipinski definition) is 6. The lowest BCUT2D eigenvalue weighted by Crippen LogP contribution is -2.55. The average Bonchev–Trinajstić information content (AvgIpc) is 3.44. The van der Waals surface area contributed by atoms with Crippen molar-refractivity contribution < 1.29 is 37.5 Å². The topological polar surface area (TPSA) is 174 Å². The number of nitrogens with one attached hydrogen (secondary N) is 3. The molecule has 1 saturated heterocycles. The second-order valence-electron chi connectivity index (χ2n) is 11.5. The zero-order valence-corrected chi connectivity index (χ0v) is 22.7. The first-order valence-electron chi connectivity index (χ1n) is 13.6. The van der Waals surface area contributed by atoms with Crippen LogP contribution in [0.25, 0.3) is 0 Å². The summed E-state index contributed by atoms with van der Waals surface area (Å²) in [6, 6.07) is -2.39. The Labute approximate surface area is 220 Å². The molecule has 6 atom stereocenters. The molecule has 0 radical (unpaired) electrons. The average molecular weight is 547 g/mol. The summed E-state index contributed by atoms with van der Waals surface area (Å²) in [6.07, 6.45) is 8.59. The molecule has 0 aromatic rings. The molecule has 3 amide bonds. The number of aliphatic hydroxyl groups excluding tert-OH is 1. The SMILES string of the molecule is CC(C)C[C@H](NC(=O)OC[C@@H]1C[C@H]1CC1CCCCC1)C(=O)N[C@@H](C[C@@H]1CCNC1=O)[C@H](O)[S+](=O)(O)O. The summed E-state index contributed by atoms with van der Waals surface area (Å²) in [6.45, 7) is 4.46. The van der Waals surface area contributed by atoms with Crippen LogP contribution in [0.4, 0.5) is 4.79 Å². The minimum atomic E-state index is -4.66. The van der Waals surface area contributed by atoms with Crippen molar-refractivity contribution in [3.63, 3.8) is 0 Å². The zero-order chi connectivity index (χ0) is 27.2. The number of carbonyl (C=O) groups is 3. The molecule has 11 nitrogen and oxygen atoms in total. The predicted octanol–water partition coefficient (Wildman–Crippen LogP) is 2.51. The third-order valence-electron chi connectivity index (χ3n) is 7.86. The fraction of sp³-hybridized carbons (Fsp3) is 0.880. The van der Waals surface area contributed by atoms with Crippen molar-refractivity contribution in [1.82, 2.24) is 16.0 Å². The van der Waals surface area contributed by atoms with E-state index < -0.39 is 45.9 Å². The Hall–Kier alpha value is -1.76. The number of amides is 3. The Morgan fingerprint density at radius 1 is 1.11 bits per heavy atom. The summed E-state index contributed by atoms with van der Waals surface area (Å²) >= 11 is 0. The van der Waals surface area contributed by atoms with Gasteiger partial charge in [-0.3, -0.25) is 9.59 Å². The smallest absolute Gasteiger partial charge is 0.407 e. The largest absolute Gasteiger partial charge is 0.449 e. The molecule has 12 heteroatoms. The maximum absolute atomic E-state index is 13.1. The molecule has 0 aromatic heterocycles. The number of rotatable bonds is 13. The van der Waals surface area contributed by atoms with Crippen molar-refractivity contribution in [2.45, 2.75) is 95.6 Å². The highest BCUT2D eigenvalue weighted by atomic mass is 32.3. The molecular weight excluding hydrogens is 502 g/mol. The molecule has 0 spiro atoms. The highest BCUT2D eigenvalue weighted by Crippen LogP contribution is 2.45. The van der Waals surface area contributed by atoms with Crippen molar-refractivity contribution in [3.8, 4) is 0 Å². The molecule has 212 valence electrons. The van der Waals surface area contributed by atoms with Crippen molar-refractivity contribution >= 4 is 28.4 Å². The van der Waals surface area contributed by atoms with Gasteiger partial charge >= 0.3 is 22.0 Å². The Morgan fingerprint density at radius 3 is 2.41 bits per heavy atom. The van der Waals surface area contributed by atoms with Crippen LogP contribution >= 0.6 is 0 Å². The number of ether oxygens (including phenoxy) is 1. The molecule has 0 bridgehead atoms. The van der Waals surface area contributed by atoms with Crippen molar-refractivity contribution in [3.05, 3.63) is 0 Å². The molecule has 37 heavy (non-hydrogen) atoms. The van der Waals surface area contributed by atoms with E-state index in [1.54, 1.807) is 0 Å². The maximum atomic E-state index is 13.1. The standard InChI is InChI=1S/C25H43N3O8S/c1-15(2)10-20(28-25(32)36-14-19-12-18(19)11-16-6-4-3-5-7-16)23(30)27-21(24(31)37(33,34)35)13-17-8-9-26-22(17)29/h15-21,24,31H,3-14H2,1-2H3,(H4-,26,27,28,29,30,32,33,34,35)/p+1/t17-,18+,19-,20-,21-,24+/m0/s1. The van der Waals surface area contributed by atoms with Crippen molar-refractivity contribution in [1.29, 1.82) is 0 Å². The second kappa shape index (κ2) is 13.3. The summed E-state index contributed by atoms with van der Waals surface area (Å²) < 4.78 is 36.1. The summed E-state index contributed by atoms with van der Waals surface area (Å²) in [5.74, 6) is 0.153. The van der Waals surface area contributed by atoms with E-state index in [-0.39, 0.29) is 24.7 Å². The van der Waals surface area contributed by atoms with Crippen LogP contribution in [0, 0.1) is 29.6 Å². The maximum Gasteiger partial charge on any atom is 0.407 e. The second-order valence-corrected chi connectivity index (χ2v) is 13.0. The number of carbonyl (C=O) groups excluding carboxylic acids is 3. The summed E-state index contributed by atoms with van der Waals surface area (Å²) in [7, 11) is -4.66. The first-order valence-corrected chi connectivity index (χ1v) is 15.1. The van der Waals surface area contributed by atoms with Crippen LogP contribution < -0.4 is 16.0 Å². The first kappa shape index (κ1) is 29.8. The van der Waals surface area contributed by atoms with Crippen molar-refractivity contribution in [2.24, 2.45) is 29.6 Å². The van der Waals surface area contributed by atoms with Gasteiger partial charge in [-0.05, 0) is 60.0 Å². The molecule has 2 saturated carbocycles. The van der Waals surface area contributed by atoms with Gasteiger partial charge in [0, 0.05) is 12.5 Å². The summed E-state index contributed by atoms with van der Waals surface area (Å²) in [5.41, 5.74) is -2.20. The van der Waals surface area contributed by atoms with Crippen LogP contribution in [0.2, 0.25) is 0 Å². The molecule has 3 fully saturated rings. The quantitative estimate of drug-likeness (QED) is 0.191. The molecule has 3 aliphatic rings. The van der Waals surface area contributed by atoms with E-state index in [0.717, 1.165) is 12.3 Å². The molecule has 1 aliphatic heterocycles. The third kappa shape index (κ3) is 9.49. The van der Waals surface area contributed by atoms with E-state index in [4.69, 9.17) is 4.74 Å².